The molecule has 1 aromatic carbocycles. The Bertz CT molecular complexity index is 774. The number of aliphatic carboxylic acids is 1. The zero-order valence-corrected chi connectivity index (χ0v) is 15.2. The summed E-state index contributed by atoms with van der Waals surface area (Å²) in [5.74, 6) is -0.945. The largest absolute Gasteiger partial charge is 0.480 e. The molecule has 0 bridgehead atoms. The highest BCUT2D eigenvalue weighted by molar-refractivity contribution is 7.90. The van der Waals surface area contributed by atoms with E-state index in [9.17, 15) is 26.4 Å². The van der Waals surface area contributed by atoms with Gasteiger partial charge < -0.3 is 10.4 Å². The minimum Gasteiger partial charge on any atom is -0.480 e. The zero-order valence-electron chi connectivity index (χ0n) is 14.4. The number of nitrogens with one attached hydrogen (secondary N) is 1. The molecule has 0 saturated heterocycles. The van der Waals surface area contributed by atoms with Crippen LogP contribution in [0.5, 0.6) is 0 Å². The molecule has 1 aromatic rings. The second-order valence-corrected chi connectivity index (χ2v) is 8.42. The Morgan fingerprint density at radius 1 is 1.35 bits per heavy atom. The topological polar surface area (TPSA) is 86.7 Å². The van der Waals surface area contributed by atoms with Crippen LogP contribution in [0.1, 0.15) is 25.3 Å². The van der Waals surface area contributed by atoms with Gasteiger partial charge >= 0.3 is 12.1 Å². The second kappa shape index (κ2) is 7.43. The van der Waals surface area contributed by atoms with Gasteiger partial charge in [-0.1, -0.05) is 6.92 Å². The molecule has 0 unspecified atom stereocenters. The molecular weight excluding hydrogens is 373 g/mol. The molecule has 0 aliphatic heterocycles. The first-order valence-electron chi connectivity index (χ1n) is 8.05. The number of hydrogen-bond donors (Lipinski definition) is 2. The van der Waals surface area contributed by atoms with Crippen LogP contribution in [0.15, 0.2) is 23.1 Å². The fourth-order valence-electron chi connectivity index (χ4n) is 3.01. The number of rotatable bonds is 7. The number of carbonyl (C=O) groups is 1. The van der Waals surface area contributed by atoms with Crippen molar-refractivity contribution in [3.8, 4) is 0 Å². The van der Waals surface area contributed by atoms with Crippen molar-refractivity contribution in [3.05, 3.63) is 23.8 Å². The van der Waals surface area contributed by atoms with Gasteiger partial charge in [-0.15, -0.1) is 0 Å². The van der Waals surface area contributed by atoms with E-state index in [0.29, 0.717) is 25.5 Å². The van der Waals surface area contributed by atoms with Crippen LogP contribution in [0.4, 0.5) is 18.9 Å². The van der Waals surface area contributed by atoms with Gasteiger partial charge in [0.2, 0.25) is 0 Å². The number of carboxylic acid groups (broad SMARTS) is 1. The number of likely N-dealkylation sites (N-methyl/N-ethyl adjacent to an activating group) is 1. The molecule has 2 N–H and O–H groups in total. The van der Waals surface area contributed by atoms with E-state index in [-0.39, 0.29) is 29.2 Å². The van der Waals surface area contributed by atoms with Crippen molar-refractivity contribution in [1.82, 2.24) is 4.90 Å². The third-order valence-electron chi connectivity index (χ3n) is 4.46. The van der Waals surface area contributed by atoms with Crippen LogP contribution in [0.3, 0.4) is 0 Å². The molecule has 1 aliphatic rings. The first-order valence-corrected chi connectivity index (χ1v) is 9.94. The summed E-state index contributed by atoms with van der Waals surface area (Å²) in [4.78, 5) is 12.2. The Labute approximate surface area is 149 Å². The van der Waals surface area contributed by atoms with Crippen LogP contribution in [0.2, 0.25) is 0 Å². The highest BCUT2D eigenvalue weighted by Crippen LogP contribution is 2.38. The predicted molar refractivity (Wildman–Crippen MR) is 89.9 cm³/mol. The van der Waals surface area contributed by atoms with Crippen LogP contribution in [0, 0.1) is 0 Å². The van der Waals surface area contributed by atoms with E-state index >= 15 is 0 Å². The first kappa shape index (κ1) is 20.5. The molecule has 0 amide bonds. The summed E-state index contributed by atoms with van der Waals surface area (Å²) >= 11 is 0. The molecule has 1 fully saturated rings. The lowest BCUT2D eigenvalue weighted by molar-refractivity contribution is -0.139. The van der Waals surface area contributed by atoms with E-state index in [0.717, 1.165) is 18.4 Å². The quantitative estimate of drug-likeness (QED) is 0.739. The zero-order chi connectivity index (χ0) is 19.7. The molecule has 6 nitrogen and oxygen atoms in total. The van der Waals surface area contributed by atoms with E-state index in [1.54, 1.807) is 4.90 Å². The van der Waals surface area contributed by atoms with Crippen LogP contribution in [-0.4, -0.2) is 55.8 Å². The molecule has 0 atom stereocenters. The number of sulfone groups is 1. The molecule has 10 heteroatoms. The summed E-state index contributed by atoms with van der Waals surface area (Å²) in [6.07, 6.45) is -2.79. The average molecular weight is 394 g/mol. The van der Waals surface area contributed by atoms with E-state index in [4.69, 9.17) is 5.11 Å². The summed E-state index contributed by atoms with van der Waals surface area (Å²) in [6.45, 7) is 2.26. The predicted octanol–water partition coefficient (Wildman–Crippen LogP) is 2.46. The van der Waals surface area contributed by atoms with Gasteiger partial charge in [-0.2, -0.15) is 13.2 Å². The van der Waals surface area contributed by atoms with Crippen molar-refractivity contribution in [1.29, 1.82) is 0 Å². The van der Waals surface area contributed by atoms with Gasteiger partial charge in [-0.3, -0.25) is 9.69 Å². The van der Waals surface area contributed by atoms with E-state index in [1.807, 2.05) is 6.92 Å². The van der Waals surface area contributed by atoms with E-state index in [1.165, 1.54) is 0 Å². The van der Waals surface area contributed by atoms with Gasteiger partial charge in [0.25, 0.3) is 0 Å². The van der Waals surface area contributed by atoms with Crippen LogP contribution in [-0.2, 0) is 20.8 Å². The molecule has 26 heavy (non-hydrogen) atoms. The van der Waals surface area contributed by atoms with Gasteiger partial charge in [0.1, 0.15) is 0 Å². The number of anilines is 1. The molecule has 0 aromatic heterocycles. The van der Waals surface area contributed by atoms with E-state index < -0.39 is 27.5 Å². The summed E-state index contributed by atoms with van der Waals surface area (Å²) in [6, 6.07) is 2.68. The van der Waals surface area contributed by atoms with Gasteiger partial charge in [0, 0.05) is 24.0 Å². The smallest absolute Gasteiger partial charge is 0.418 e. The SMILES string of the molecule is CCN(CC(=O)O)C1CC(Nc2ccc(S(C)(=O)=O)cc2C(F)(F)F)C1. The normalized spacial score (nSPS) is 20.7. The Kier molecular flexibility index (Phi) is 5.86. The molecule has 1 saturated carbocycles. The van der Waals surface area contributed by atoms with Crippen molar-refractivity contribution < 1.29 is 31.5 Å². The lowest BCUT2D eigenvalue weighted by Crippen LogP contribution is -2.51. The maximum atomic E-state index is 13.3. The molecule has 146 valence electrons. The monoisotopic (exact) mass is 394 g/mol. The van der Waals surface area contributed by atoms with Crippen LogP contribution < -0.4 is 5.32 Å². The first-order chi connectivity index (χ1) is 11.9. The lowest BCUT2D eigenvalue weighted by Gasteiger charge is -2.43. The Hall–Kier alpha value is -1.81. The summed E-state index contributed by atoms with van der Waals surface area (Å²) in [7, 11) is -3.75. The molecule has 0 radical (unpaired) electrons. The van der Waals surface area contributed by atoms with E-state index in [2.05, 4.69) is 5.32 Å². The summed E-state index contributed by atoms with van der Waals surface area (Å²) < 4.78 is 62.9. The standard InChI is InChI=1S/C16H21F3N2O4S/c1-3-21(9-15(22)23)11-6-10(7-11)20-14-5-4-12(26(2,24)25)8-13(14)16(17,18)19/h4-5,8,10-11,20H,3,6-7,9H2,1-2H3,(H,22,23). The number of nitrogens with zero attached hydrogens (tertiary/aromatic N) is 1. The minimum atomic E-state index is -4.69. The van der Waals surface area contributed by atoms with Crippen molar-refractivity contribution in [2.75, 3.05) is 24.7 Å². The van der Waals surface area contributed by atoms with Crippen molar-refractivity contribution >= 4 is 21.5 Å². The summed E-state index contributed by atoms with van der Waals surface area (Å²) in [5, 5.41) is 11.7. The number of hydrogen-bond acceptors (Lipinski definition) is 5. The van der Waals surface area contributed by atoms with Gasteiger partial charge in [0.05, 0.1) is 17.0 Å². The molecule has 1 aliphatic carbocycles. The Morgan fingerprint density at radius 2 is 1.96 bits per heavy atom. The third kappa shape index (κ3) is 4.88. The van der Waals surface area contributed by atoms with Crippen LogP contribution in [0.25, 0.3) is 0 Å². The maximum absolute atomic E-state index is 13.3. The number of benzene rings is 1. The highest BCUT2D eigenvalue weighted by atomic mass is 32.2. The van der Waals surface area contributed by atoms with Gasteiger partial charge in [-0.05, 0) is 37.6 Å². The molecule has 2 rings (SSSR count). The fraction of sp³-hybridized carbons (Fsp3) is 0.562. The fourth-order valence-corrected chi connectivity index (χ4v) is 3.66. The van der Waals surface area contributed by atoms with Crippen LogP contribution >= 0.6 is 0 Å². The van der Waals surface area contributed by atoms with Gasteiger partial charge in [-0.25, -0.2) is 8.42 Å². The highest BCUT2D eigenvalue weighted by Gasteiger charge is 2.38. The van der Waals surface area contributed by atoms with Gasteiger partial charge in [0.15, 0.2) is 9.84 Å². The van der Waals surface area contributed by atoms with Crippen molar-refractivity contribution in [3.63, 3.8) is 0 Å². The average Bonchev–Trinajstić information content (AvgIpc) is 2.46. The third-order valence-corrected chi connectivity index (χ3v) is 5.57. The number of carboxylic acids is 1. The molecule has 0 heterocycles. The second-order valence-electron chi connectivity index (χ2n) is 6.40. The molecule has 0 spiro atoms. The van der Waals surface area contributed by atoms with Crippen molar-refractivity contribution in [2.24, 2.45) is 0 Å². The minimum absolute atomic E-state index is 0.00164. The summed E-state index contributed by atoms with van der Waals surface area (Å²) in [5.41, 5.74) is -1.20. The molecular formula is C16H21F3N2O4S. The number of halogens is 3. The lowest BCUT2D eigenvalue weighted by atomic mass is 9.85. The number of alkyl halides is 3. The maximum Gasteiger partial charge on any atom is 0.418 e. The van der Waals surface area contributed by atoms with Crippen molar-refractivity contribution in [2.45, 2.75) is 42.9 Å². The Morgan fingerprint density at radius 3 is 2.42 bits per heavy atom. The Balaban J connectivity index is 2.12.